The number of carbonyl (C=O) groups is 1. The third kappa shape index (κ3) is 4.22. The molecule has 0 aliphatic rings. The second-order valence-electron chi connectivity index (χ2n) is 5.51. The molecule has 1 atom stereocenters. The monoisotopic (exact) mass is 325 g/mol. The number of imidazole rings is 1. The van der Waals surface area contributed by atoms with E-state index in [1.807, 2.05) is 42.0 Å². The van der Waals surface area contributed by atoms with Crippen LogP contribution in [0, 0.1) is 0 Å². The van der Waals surface area contributed by atoms with Crippen LogP contribution in [0.5, 0.6) is 0 Å². The predicted octanol–water partition coefficient (Wildman–Crippen LogP) is 2.29. The summed E-state index contributed by atoms with van der Waals surface area (Å²) in [5.74, 6) is 1.63. The fraction of sp³-hybridized carbons (Fsp3) is 0.235. The van der Waals surface area contributed by atoms with Gasteiger partial charge in [0.25, 0.3) is 0 Å². The lowest BCUT2D eigenvalue weighted by molar-refractivity contribution is 0.237. The van der Waals surface area contributed by atoms with Crippen molar-refractivity contribution in [3.63, 3.8) is 0 Å². The van der Waals surface area contributed by atoms with Gasteiger partial charge in [0.15, 0.2) is 0 Å². The van der Waals surface area contributed by atoms with Crippen LogP contribution >= 0.6 is 0 Å². The molecule has 3 aromatic heterocycles. The van der Waals surface area contributed by atoms with Gasteiger partial charge < -0.3 is 15.1 Å². The number of urea groups is 1. The summed E-state index contributed by atoms with van der Waals surface area (Å²) in [6.07, 6.45) is 9.24. The van der Waals surface area contributed by atoms with Crippen LogP contribution in [0.4, 0.5) is 4.79 Å². The zero-order chi connectivity index (χ0) is 16.8. The van der Waals surface area contributed by atoms with Gasteiger partial charge >= 0.3 is 6.03 Å². The van der Waals surface area contributed by atoms with E-state index in [-0.39, 0.29) is 12.1 Å². The van der Waals surface area contributed by atoms with E-state index in [2.05, 4.69) is 20.6 Å². The molecule has 0 saturated carbocycles. The van der Waals surface area contributed by atoms with Crippen molar-refractivity contribution in [1.29, 1.82) is 0 Å². The van der Waals surface area contributed by atoms with E-state index in [0.29, 0.717) is 13.0 Å². The highest BCUT2D eigenvalue weighted by atomic mass is 16.3. The second kappa shape index (κ2) is 7.45. The smallest absolute Gasteiger partial charge is 0.315 e. The maximum absolute atomic E-state index is 11.9. The molecular weight excluding hydrogens is 306 g/mol. The Morgan fingerprint density at radius 1 is 1.38 bits per heavy atom. The zero-order valence-electron chi connectivity index (χ0n) is 13.3. The summed E-state index contributed by atoms with van der Waals surface area (Å²) in [5, 5.41) is 5.70. The predicted molar refractivity (Wildman–Crippen MR) is 88.6 cm³/mol. The van der Waals surface area contributed by atoms with Crippen LogP contribution < -0.4 is 10.6 Å². The summed E-state index contributed by atoms with van der Waals surface area (Å²) in [6, 6.07) is 7.31. The molecule has 0 aliphatic heterocycles. The van der Waals surface area contributed by atoms with Crippen molar-refractivity contribution >= 4 is 6.03 Å². The van der Waals surface area contributed by atoms with Crippen LogP contribution in [0.3, 0.4) is 0 Å². The van der Waals surface area contributed by atoms with Gasteiger partial charge in [-0.15, -0.1) is 0 Å². The number of amides is 2. The summed E-state index contributed by atoms with van der Waals surface area (Å²) in [6.45, 7) is 2.35. The number of aromatic nitrogens is 3. The summed E-state index contributed by atoms with van der Waals surface area (Å²) < 4.78 is 7.09. The van der Waals surface area contributed by atoms with Gasteiger partial charge in [-0.05, 0) is 30.7 Å². The molecule has 7 heteroatoms. The van der Waals surface area contributed by atoms with Crippen LogP contribution in [0.2, 0.25) is 0 Å². The standard InChI is InChI=1S/C17H19N5O2/c1-13(9-15-3-2-8-24-15)21-17(23)20-11-14-4-5-16(19-10-14)22-7-6-18-12-22/h2-8,10,12-13H,9,11H2,1H3,(H2,20,21,23)/t13-/m0/s1. The van der Waals surface area contributed by atoms with Crippen molar-refractivity contribution < 1.29 is 9.21 Å². The summed E-state index contributed by atoms with van der Waals surface area (Å²) >= 11 is 0. The van der Waals surface area contributed by atoms with Crippen LogP contribution in [0.25, 0.3) is 5.82 Å². The average Bonchev–Trinajstić information content (AvgIpc) is 3.27. The van der Waals surface area contributed by atoms with E-state index < -0.39 is 0 Å². The van der Waals surface area contributed by atoms with Crippen LogP contribution in [-0.2, 0) is 13.0 Å². The number of furan rings is 1. The number of pyridine rings is 1. The van der Waals surface area contributed by atoms with E-state index in [0.717, 1.165) is 17.1 Å². The molecule has 24 heavy (non-hydrogen) atoms. The first-order valence-electron chi connectivity index (χ1n) is 7.71. The maximum Gasteiger partial charge on any atom is 0.315 e. The lowest BCUT2D eigenvalue weighted by atomic mass is 10.2. The third-order valence-electron chi connectivity index (χ3n) is 3.50. The van der Waals surface area contributed by atoms with Gasteiger partial charge in [0.2, 0.25) is 0 Å². The van der Waals surface area contributed by atoms with Crippen LogP contribution in [0.15, 0.2) is 59.9 Å². The van der Waals surface area contributed by atoms with E-state index in [9.17, 15) is 4.79 Å². The highest BCUT2D eigenvalue weighted by Crippen LogP contribution is 2.06. The lowest BCUT2D eigenvalue weighted by Gasteiger charge is -2.13. The first kappa shape index (κ1) is 15.8. The van der Waals surface area contributed by atoms with Gasteiger partial charge in [0.05, 0.1) is 6.26 Å². The minimum absolute atomic E-state index is 0.0158. The van der Waals surface area contributed by atoms with Crippen LogP contribution in [0.1, 0.15) is 18.2 Å². The van der Waals surface area contributed by atoms with Gasteiger partial charge in [-0.2, -0.15) is 0 Å². The molecule has 0 fully saturated rings. The Morgan fingerprint density at radius 3 is 2.96 bits per heavy atom. The van der Waals surface area contributed by atoms with Crippen molar-refractivity contribution in [2.75, 3.05) is 0 Å². The number of nitrogens with one attached hydrogen (secondary N) is 2. The average molecular weight is 325 g/mol. The molecular formula is C17H19N5O2. The molecule has 0 spiro atoms. The molecule has 2 N–H and O–H groups in total. The molecule has 0 saturated heterocycles. The van der Waals surface area contributed by atoms with E-state index in [4.69, 9.17) is 4.42 Å². The van der Waals surface area contributed by atoms with Gasteiger partial charge in [-0.1, -0.05) is 6.07 Å². The zero-order valence-corrected chi connectivity index (χ0v) is 13.3. The quantitative estimate of drug-likeness (QED) is 0.728. The van der Waals surface area contributed by atoms with Crippen molar-refractivity contribution in [2.24, 2.45) is 0 Å². The highest BCUT2D eigenvalue weighted by molar-refractivity contribution is 5.74. The molecule has 0 radical (unpaired) electrons. The maximum atomic E-state index is 11.9. The highest BCUT2D eigenvalue weighted by Gasteiger charge is 2.09. The minimum atomic E-state index is -0.215. The lowest BCUT2D eigenvalue weighted by Crippen LogP contribution is -2.41. The van der Waals surface area contributed by atoms with Crippen molar-refractivity contribution in [2.45, 2.75) is 25.9 Å². The molecule has 2 amide bonds. The number of carbonyl (C=O) groups excluding carboxylic acids is 1. The topological polar surface area (TPSA) is 85.0 Å². The third-order valence-corrected chi connectivity index (χ3v) is 3.50. The van der Waals surface area contributed by atoms with Crippen molar-refractivity contribution in [3.05, 3.63) is 66.8 Å². The normalized spacial score (nSPS) is 11.9. The van der Waals surface area contributed by atoms with Gasteiger partial charge in [0, 0.05) is 37.6 Å². The Morgan fingerprint density at radius 2 is 2.29 bits per heavy atom. The van der Waals surface area contributed by atoms with Crippen LogP contribution in [-0.4, -0.2) is 26.6 Å². The molecule has 0 unspecified atom stereocenters. The van der Waals surface area contributed by atoms with Crippen molar-refractivity contribution in [3.8, 4) is 5.82 Å². The van der Waals surface area contributed by atoms with Crippen molar-refractivity contribution in [1.82, 2.24) is 25.2 Å². The van der Waals surface area contributed by atoms with E-state index in [1.165, 1.54) is 0 Å². The van der Waals surface area contributed by atoms with E-state index >= 15 is 0 Å². The molecule has 3 aromatic rings. The number of nitrogens with zero attached hydrogens (tertiary/aromatic N) is 3. The molecule has 124 valence electrons. The number of hydrogen-bond acceptors (Lipinski definition) is 4. The Kier molecular flexibility index (Phi) is 4.90. The second-order valence-corrected chi connectivity index (χ2v) is 5.51. The summed E-state index contributed by atoms with van der Waals surface area (Å²) in [4.78, 5) is 20.3. The minimum Gasteiger partial charge on any atom is -0.469 e. The number of rotatable bonds is 6. The summed E-state index contributed by atoms with van der Waals surface area (Å²) in [5.41, 5.74) is 0.924. The summed E-state index contributed by atoms with van der Waals surface area (Å²) in [7, 11) is 0. The molecule has 3 rings (SSSR count). The fourth-order valence-electron chi connectivity index (χ4n) is 2.31. The Hall–Kier alpha value is -3.09. The first-order chi connectivity index (χ1) is 11.7. The largest absolute Gasteiger partial charge is 0.469 e. The molecule has 0 aromatic carbocycles. The SMILES string of the molecule is C[C@@H](Cc1ccco1)NC(=O)NCc1ccc(-n2ccnc2)nc1. The Bertz CT molecular complexity index is 751. The first-order valence-corrected chi connectivity index (χ1v) is 7.71. The molecule has 0 aliphatic carbocycles. The number of hydrogen-bond donors (Lipinski definition) is 2. The Balaban J connectivity index is 1.45. The molecule has 0 bridgehead atoms. The Labute approximate surface area is 139 Å². The van der Waals surface area contributed by atoms with Gasteiger partial charge in [-0.3, -0.25) is 4.57 Å². The molecule has 3 heterocycles. The van der Waals surface area contributed by atoms with Gasteiger partial charge in [-0.25, -0.2) is 14.8 Å². The van der Waals surface area contributed by atoms with Gasteiger partial charge in [0.1, 0.15) is 17.9 Å². The van der Waals surface area contributed by atoms with E-state index in [1.54, 1.807) is 25.0 Å². The molecule has 7 nitrogen and oxygen atoms in total. The fourth-order valence-corrected chi connectivity index (χ4v) is 2.31.